The van der Waals surface area contributed by atoms with E-state index in [-0.39, 0.29) is 12.1 Å². The molecule has 2 amide bonds. The molecular weight excluding hydrogens is 421 g/mol. The van der Waals surface area contributed by atoms with Gasteiger partial charge in [0.15, 0.2) is 5.65 Å². The van der Waals surface area contributed by atoms with Crippen LogP contribution in [0.5, 0.6) is 0 Å². The summed E-state index contributed by atoms with van der Waals surface area (Å²) in [5, 5.41) is 10.6. The number of nitrogens with zero attached hydrogens (tertiary/aromatic N) is 4. The van der Waals surface area contributed by atoms with Crippen LogP contribution in [0.2, 0.25) is 0 Å². The Morgan fingerprint density at radius 2 is 2.03 bits per heavy atom. The van der Waals surface area contributed by atoms with Crippen LogP contribution >= 0.6 is 0 Å². The van der Waals surface area contributed by atoms with Gasteiger partial charge in [-0.05, 0) is 43.5 Å². The second-order valence-corrected chi connectivity index (χ2v) is 7.55. The molecule has 4 rings (SSSR count). The molecule has 0 radical (unpaired) electrons. The van der Waals surface area contributed by atoms with E-state index in [2.05, 4.69) is 25.7 Å². The number of nitrogens with one attached hydrogen (secondary N) is 2. The lowest BCUT2D eigenvalue weighted by Gasteiger charge is -2.17. The number of fused-ring (bicyclic) bond motifs is 1. The molecule has 1 aliphatic carbocycles. The van der Waals surface area contributed by atoms with Crippen LogP contribution in [-0.2, 0) is 13.5 Å². The summed E-state index contributed by atoms with van der Waals surface area (Å²) in [6.45, 7) is 1.90. The second-order valence-electron chi connectivity index (χ2n) is 7.55. The number of urea groups is 1. The average Bonchev–Trinajstić information content (AvgIpc) is 3.04. The predicted molar refractivity (Wildman–Crippen MR) is 114 cm³/mol. The Morgan fingerprint density at radius 3 is 2.81 bits per heavy atom. The molecule has 0 spiro atoms. The molecule has 0 atom stereocenters. The first kappa shape index (κ1) is 21.5. The maximum Gasteiger partial charge on any atom is 0.416 e. The molecule has 166 valence electrons. The van der Waals surface area contributed by atoms with Gasteiger partial charge in [-0.15, -0.1) is 0 Å². The van der Waals surface area contributed by atoms with Crippen molar-refractivity contribution in [1.82, 2.24) is 25.1 Å². The highest BCUT2D eigenvalue weighted by molar-refractivity contribution is 5.90. The number of hydrogen-bond acceptors (Lipinski definition) is 4. The first-order chi connectivity index (χ1) is 15.2. The molecule has 0 saturated carbocycles. The molecular formula is C22H21F3N6O. The van der Waals surface area contributed by atoms with E-state index in [4.69, 9.17) is 0 Å². The fraction of sp³-hybridized carbons (Fsp3) is 0.273. The highest BCUT2D eigenvalue weighted by Crippen LogP contribution is 2.31. The van der Waals surface area contributed by atoms with E-state index < -0.39 is 17.8 Å². The van der Waals surface area contributed by atoms with E-state index >= 15 is 0 Å². The fourth-order valence-electron chi connectivity index (χ4n) is 3.71. The number of hydrogen-bond donors (Lipinski definition) is 2. The number of allylic oxidation sites excluding steroid dienone is 4. The minimum Gasteiger partial charge on any atom is -0.311 e. The molecule has 0 unspecified atom stereocenters. The predicted octanol–water partition coefficient (Wildman–Crippen LogP) is 4.55. The van der Waals surface area contributed by atoms with Crippen LogP contribution in [0.15, 0.2) is 54.0 Å². The van der Waals surface area contributed by atoms with Crippen molar-refractivity contribution in [2.75, 3.05) is 5.32 Å². The SMILES string of the molecule is Cc1ncnc2c1c(Cc1cccc(NC(=O)NC3=CC(C(F)(F)F)=CCC3)c1)nn2C. The molecule has 32 heavy (non-hydrogen) atoms. The van der Waals surface area contributed by atoms with Crippen LogP contribution in [0.25, 0.3) is 11.0 Å². The van der Waals surface area contributed by atoms with Gasteiger partial charge in [0.1, 0.15) is 6.33 Å². The summed E-state index contributed by atoms with van der Waals surface area (Å²) in [6.07, 6.45) is 0.224. The first-order valence-electron chi connectivity index (χ1n) is 9.99. The van der Waals surface area contributed by atoms with Crippen LogP contribution in [0.4, 0.5) is 23.7 Å². The number of halogens is 3. The lowest BCUT2D eigenvalue weighted by molar-refractivity contribution is -0.0887. The van der Waals surface area contributed by atoms with Gasteiger partial charge in [-0.2, -0.15) is 18.3 Å². The van der Waals surface area contributed by atoms with Crippen molar-refractivity contribution in [3.63, 3.8) is 0 Å². The Hall–Kier alpha value is -3.69. The zero-order valence-corrected chi connectivity index (χ0v) is 17.5. The number of amides is 2. The third kappa shape index (κ3) is 4.63. The minimum atomic E-state index is -4.43. The van der Waals surface area contributed by atoms with Gasteiger partial charge in [-0.25, -0.2) is 14.8 Å². The van der Waals surface area contributed by atoms with Crippen molar-refractivity contribution in [3.8, 4) is 0 Å². The van der Waals surface area contributed by atoms with Crippen LogP contribution in [-0.4, -0.2) is 32.0 Å². The summed E-state index contributed by atoms with van der Waals surface area (Å²) < 4.78 is 40.4. The van der Waals surface area contributed by atoms with Crippen molar-refractivity contribution < 1.29 is 18.0 Å². The number of anilines is 1. The Bertz CT molecular complexity index is 1240. The highest BCUT2D eigenvalue weighted by Gasteiger charge is 2.33. The zero-order valence-electron chi connectivity index (χ0n) is 17.5. The summed E-state index contributed by atoms with van der Waals surface area (Å²) in [7, 11) is 1.82. The van der Waals surface area contributed by atoms with Crippen LogP contribution in [0.3, 0.4) is 0 Å². The van der Waals surface area contributed by atoms with Gasteiger partial charge in [-0.1, -0.05) is 18.2 Å². The summed E-state index contributed by atoms with van der Waals surface area (Å²) in [5.41, 5.74) is 3.31. The molecule has 1 aliphatic rings. The molecule has 0 saturated heterocycles. The first-order valence-corrected chi connectivity index (χ1v) is 9.99. The van der Waals surface area contributed by atoms with E-state index in [0.29, 0.717) is 18.5 Å². The average molecular weight is 442 g/mol. The molecule has 0 aliphatic heterocycles. The summed E-state index contributed by atoms with van der Waals surface area (Å²) >= 11 is 0. The third-order valence-corrected chi connectivity index (χ3v) is 5.15. The van der Waals surface area contributed by atoms with Gasteiger partial charge in [0.05, 0.1) is 22.3 Å². The number of benzene rings is 1. The fourth-order valence-corrected chi connectivity index (χ4v) is 3.71. The van der Waals surface area contributed by atoms with E-state index in [1.165, 1.54) is 6.33 Å². The van der Waals surface area contributed by atoms with Crippen molar-refractivity contribution in [2.45, 2.75) is 32.4 Å². The molecule has 1 aromatic carbocycles. The van der Waals surface area contributed by atoms with Gasteiger partial charge >= 0.3 is 12.2 Å². The Labute approximate surface area is 182 Å². The van der Waals surface area contributed by atoms with Crippen LogP contribution in [0.1, 0.15) is 29.8 Å². The molecule has 10 heteroatoms. The zero-order chi connectivity index (χ0) is 22.9. The smallest absolute Gasteiger partial charge is 0.311 e. The molecule has 0 fully saturated rings. The molecule has 3 aromatic rings. The van der Waals surface area contributed by atoms with E-state index in [9.17, 15) is 18.0 Å². The maximum atomic E-state index is 12.9. The number of aryl methyl sites for hydroxylation is 2. The Morgan fingerprint density at radius 1 is 1.22 bits per heavy atom. The molecule has 2 aromatic heterocycles. The number of alkyl halides is 3. The van der Waals surface area contributed by atoms with Crippen molar-refractivity contribution in [2.24, 2.45) is 7.05 Å². The number of carbonyl (C=O) groups is 1. The van der Waals surface area contributed by atoms with Gasteiger partial charge in [-0.3, -0.25) is 4.68 Å². The van der Waals surface area contributed by atoms with E-state index in [1.54, 1.807) is 22.9 Å². The maximum absolute atomic E-state index is 12.9. The number of rotatable bonds is 4. The summed E-state index contributed by atoms with van der Waals surface area (Å²) in [5.74, 6) is 0. The summed E-state index contributed by atoms with van der Waals surface area (Å²) in [6, 6.07) is 6.63. The van der Waals surface area contributed by atoms with Crippen LogP contribution in [0, 0.1) is 6.92 Å². The van der Waals surface area contributed by atoms with Crippen molar-refractivity contribution in [3.05, 3.63) is 71.0 Å². The molecule has 0 bridgehead atoms. The molecule has 2 N–H and O–H groups in total. The standard InChI is InChI=1S/C22H21F3N6O/c1-13-19-18(30-31(2)20(19)27-12-26-13)10-14-5-3-7-16(9-14)28-21(32)29-17-8-4-6-15(11-17)22(23,24)25/h3,5-7,9,11-12H,4,8,10H2,1-2H3,(H2,28,29,32). The van der Waals surface area contributed by atoms with Crippen molar-refractivity contribution in [1.29, 1.82) is 0 Å². The second kappa shape index (κ2) is 8.45. The lowest BCUT2D eigenvalue weighted by Crippen LogP contribution is -2.29. The molecule has 2 heterocycles. The van der Waals surface area contributed by atoms with Crippen molar-refractivity contribution >= 4 is 22.8 Å². The highest BCUT2D eigenvalue weighted by atomic mass is 19.4. The van der Waals surface area contributed by atoms with Gasteiger partial charge in [0.2, 0.25) is 0 Å². The molecule has 7 nitrogen and oxygen atoms in total. The minimum absolute atomic E-state index is 0.220. The van der Waals surface area contributed by atoms with Gasteiger partial charge in [0, 0.05) is 24.9 Å². The Balaban J connectivity index is 1.47. The topological polar surface area (TPSA) is 84.7 Å². The monoisotopic (exact) mass is 442 g/mol. The normalized spacial score (nSPS) is 14.2. The summed E-state index contributed by atoms with van der Waals surface area (Å²) in [4.78, 5) is 20.9. The van der Waals surface area contributed by atoms with Gasteiger partial charge in [0.25, 0.3) is 0 Å². The Kier molecular flexibility index (Phi) is 5.68. The number of carbonyl (C=O) groups excluding carboxylic acids is 1. The van der Waals surface area contributed by atoms with E-state index in [1.807, 2.05) is 20.0 Å². The third-order valence-electron chi connectivity index (χ3n) is 5.15. The van der Waals surface area contributed by atoms with E-state index in [0.717, 1.165) is 40.1 Å². The lowest BCUT2D eigenvalue weighted by atomic mass is 10.0. The largest absolute Gasteiger partial charge is 0.416 e. The van der Waals surface area contributed by atoms with Gasteiger partial charge < -0.3 is 10.6 Å². The number of aromatic nitrogens is 4. The quantitative estimate of drug-likeness (QED) is 0.621. The van der Waals surface area contributed by atoms with Crippen LogP contribution < -0.4 is 10.6 Å².